The maximum absolute atomic E-state index is 13.5. The second kappa shape index (κ2) is 14.5. The maximum Gasteiger partial charge on any atom is 0.262 e. The van der Waals surface area contributed by atoms with Gasteiger partial charge in [-0.15, -0.1) is 0 Å². The summed E-state index contributed by atoms with van der Waals surface area (Å²) in [5, 5.41) is 3.26. The summed E-state index contributed by atoms with van der Waals surface area (Å²) in [5.41, 5.74) is 6.33. The zero-order valence-electron chi connectivity index (χ0n) is 30.1. The number of carbonyl (C=O) groups excluding carboxylic acids is 1. The molecule has 0 saturated heterocycles. The van der Waals surface area contributed by atoms with Gasteiger partial charge in [-0.05, 0) is 130 Å². The topological polar surface area (TPSA) is 93.1 Å². The van der Waals surface area contributed by atoms with Crippen LogP contribution in [0.15, 0.2) is 65.6 Å². The van der Waals surface area contributed by atoms with Crippen molar-refractivity contribution in [3.05, 3.63) is 88.7 Å². The Kier molecular flexibility index (Phi) is 10.1. The summed E-state index contributed by atoms with van der Waals surface area (Å²) in [4.78, 5) is 18.3. The second-order valence-electron chi connectivity index (χ2n) is 16.1. The van der Waals surface area contributed by atoms with Gasteiger partial charge in [0.1, 0.15) is 5.82 Å². The van der Waals surface area contributed by atoms with Gasteiger partial charge in [0.25, 0.3) is 10.0 Å². The van der Waals surface area contributed by atoms with Gasteiger partial charge < -0.3 is 9.88 Å². The molecule has 1 amide bonds. The highest BCUT2D eigenvalue weighted by Gasteiger charge is 2.51. The number of unbranched alkanes of at least 4 members (excludes halogenated alkanes) is 4. The Labute approximate surface area is 298 Å². The second-order valence-corrected chi connectivity index (χ2v) is 17.7. The predicted octanol–water partition coefficient (Wildman–Crippen LogP) is 9.03. The number of aromatic nitrogens is 2. The van der Waals surface area contributed by atoms with Crippen molar-refractivity contribution in [3.8, 4) is 0 Å². The van der Waals surface area contributed by atoms with Crippen molar-refractivity contribution in [1.29, 1.82) is 0 Å². The number of hydrogen-bond acceptors (Lipinski definition) is 4. The molecular formula is C42H54N4O3S. The molecule has 0 radical (unpaired) electrons. The van der Waals surface area contributed by atoms with E-state index in [0.717, 1.165) is 103 Å². The normalized spacial score (nSPS) is 22.7. The molecule has 2 N–H and O–H groups in total. The molecule has 1 aromatic heterocycles. The van der Waals surface area contributed by atoms with Gasteiger partial charge in [-0.1, -0.05) is 67.3 Å². The van der Waals surface area contributed by atoms with Crippen LogP contribution in [0.1, 0.15) is 105 Å². The summed E-state index contributed by atoms with van der Waals surface area (Å²) in [6.45, 7) is 7.16. The van der Waals surface area contributed by atoms with Crippen LogP contribution < -0.4 is 10.0 Å². The molecule has 7 nitrogen and oxygen atoms in total. The number of imidazole rings is 1. The lowest BCUT2D eigenvalue weighted by Crippen LogP contribution is -2.48. The van der Waals surface area contributed by atoms with E-state index in [-0.39, 0.29) is 5.91 Å². The molecule has 1 heterocycles. The smallest absolute Gasteiger partial charge is 0.262 e. The quantitative estimate of drug-likeness (QED) is 0.122. The van der Waals surface area contributed by atoms with E-state index in [9.17, 15) is 13.2 Å². The molecule has 50 heavy (non-hydrogen) atoms. The van der Waals surface area contributed by atoms with E-state index < -0.39 is 10.0 Å². The molecule has 3 aromatic carbocycles. The zero-order chi connectivity index (χ0) is 34.9. The van der Waals surface area contributed by atoms with Gasteiger partial charge in [0.2, 0.25) is 5.91 Å². The molecule has 4 bridgehead atoms. The lowest BCUT2D eigenvalue weighted by atomic mass is 9.49. The van der Waals surface area contributed by atoms with Gasteiger partial charge in [-0.2, -0.15) is 0 Å². The molecule has 4 fully saturated rings. The van der Waals surface area contributed by atoms with Crippen LogP contribution in [-0.2, 0) is 27.8 Å². The number of nitrogens with zero attached hydrogens (tertiary/aromatic N) is 2. The van der Waals surface area contributed by atoms with Crippen molar-refractivity contribution in [2.24, 2.45) is 23.2 Å². The minimum Gasteiger partial charge on any atom is -0.356 e. The number of hydrogen-bond donors (Lipinski definition) is 2. The number of fused-ring (bicyclic) bond motifs is 1. The summed E-state index contributed by atoms with van der Waals surface area (Å²) in [6, 6.07) is 19.9. The molecule has 8 rings (SSSR count). The van der Waals surface area contributed by atoms with Gasteiger partial charge in [0.15, 0.2) is 0 Å². The highest BCUT2D eigenvalue weighted by molar-refractivity contribution is 7.92. The molecule has 0 unspecified atom stereocenters. The highest BCUT2D eigenvalue weighted by Crippen LogP contribution is 2.61. The third-order valence-corrected chi connectivity index (χ3v) is 13.4. The number of benzene rings is 3. The fourth-order valence-corrected chi connectivity index (χ4v) is 11.8. The Hall–Kier alpha value is -3.65. The first kappa shape index (κ1) is 34.8. The van der Waals surface area contributed by atoms with Gasteiger partial charge >= 0.3 is 0 Å². The number of sulfonamides is 1. The van der Waals surface area contributed by atoms with E-state index >= 15 is 0 Å². The predicted molar refractivity (Wildman–Crippen MR) is 202 cm³/mol. The SMILES string of the molecule is Cc1cc(C)c(S(=O)(=O)Nc2ccc3c(c2)nc(CCCCCCCNC(=O)CC24CC5CC(CC(C5)C2)C4)n3Cc2ccccc2)c(C)c1. The molecule has 0 spiro atoms. The summed E-state index contributed by atoms with van der Waals surface area (Å²) < 4.78 is 32.1. The standard InChI is InChI=1S/C42H54N4O3S/c1-29-18-30(2)41(31(3)19-29)50(48,49)45-36-15-16-38-37(23-36)44-39(46(38)28-32-12-8-7-9-13-32)14-10-5-4-6-11-17-43-40(47)27-42-24-33-20-34(25-42)22-35(21-33)26-42/h7-9,12-13,15-16,18-19,23,33-35,45H,4-6,10-11,14,17,20-22,24-28H2,1-3H3,(H,43,47). The number of nitrogens with one attached hydrogen (secondary N) is 2. The van der Waals surface area contributed by atoms with Crippen LogP contribution in [-0.4, -0.2) is 30.4 Å². The van der Waals surface area contributed by atoms with Gasteiger partial charge in [0, 0.05) is 25.9 Å². The van der Waals surface area contributed by atoms with Crippen LogP contribution in [0.25, 0.3) is 11.0 Å². The number of carbonyl (C=O) groups is 1. The number of amides is 1. The van der Waals surface area contributed by atoms with Crippen LogP contribution in [0, 0.1) is 43.9 Å². The van der Waals surface area contributed by atoms with E-state index in [1.54, 1.807) is 0 Å². The summed E-state index contributed by atoms with van der Waals surface area (Å²) >= 11 is 0. The lowest BCUT2D eigenvalue weighted by molar-refractivity contribution is -0.129. The first-order valence-electron chi connectivity index (χ1n) is 19.0. The van der Waals surface area contributed by atoms with Gasteiger partial charge in [-0.3, -0.25) is 9.52 Å². The highest BCUT2D eigenvalue weighted by atomic mass is 32.2. The van der Waals surface area contributed by atoms with Crippen molar-refractivity contribution in [3.63, 3.8) is 0 Å². The van der Waals surface area contributed by atoms with Crippen molar-refractivity contribution >= 4 is 32.7 Å². The summed E-state index contributed by atoms with van der Waals surface area (Å²) in [6.07, 6.45) is 15.2. The van der Waals surface area contributed by atoms with Gasteiger partial charge in [0.05, 0.1) is 21.6 Å². The molecule has 4 aromatic rings. The average molecular weight is 695 g/mol. The van der Waals surface area contributed by atoms with E-state index in [2.05, 4.69) is 38.9 Å². The molecular weight excluding hydrogens is 641 g/mol. The first-order chi connectivity index (χ1) is 24.1. The van der Waals surface area contributed by atoms with E-state index in [1.165, 1.54) is 44.1 Å². The molecule has 4 saturated carbocycles. The van der Waals surface area contributed by atoms with Crippen LogP contribution >= 0.6 is 0 Å². The third-order valence-electron chi connectivity index (χ3n) is 11.7. The molecule has 266 valence electrons. The minimum absolute atomic E-state index is 0.278. The van der Waals surface area contributed by atoms with Gasteiger partial charge in [-0.25, -0.2) is 13.4 Å². The fourth-order valence-electron chi connectivity index (χ4n) is 10.2. The van der Waals surface area contributed by atoms with Crippen LogP contribution in [0.2, 0.25) is 0 Å². The lowest BCUT2D eigenvalue weighted by Gasteiger charge is -2.56. The fraction of sp³-hybridized carbons (Fsp3) is 0.524. The summed E-state index contributed by atoms with van der Waals surface area (Å²) in [7, 11) is -3.76. The molecule has 8 heteroatoms. The zero-order valence-corrected chi connectivity index (χ0v) is 31.0. The minimum atomic E-state index is -3.76. The van der Waals surface area contributed by atoms with E-state index in [4.69, 9.17) is 4.98 Å². The average Bonchev–Trinajstić information content (AvgIpc) is 3.36. The largest absolute Gasteiger partial charge is 0.356 e. The van der Waals surface area contributed by atoms with Crippen molar-refractivity contribution < 1.29 is 13.2 Å². The monoisotopic (exact) mass is 694 g/mol. The number of rotatable bonds is 15. The Morgan fingerprint density at radius 2 is 1.48 bits per heavy atom. The van der Waals surface area contributed by atoms with Crippen molar-refractivity contribution in [2.45, 2.75) is 116 Å². The first-order valence-corrected chi connectivity index (χ1v) is 20.4. The third kappa shape index (κ3) is 7.80. The Morgan fingerprint density at radius 1 is 0.840 bits per heavy atom. The van der Waals surface area contributed by atoms with Crippen molar-refractivity contribution in [2.75, 3.05) is 11.3 Å². The Bertz CT molecular complexity index is 1890. The number of anilines is 1. The maximum atomic E-state index is 13.5. The van der Waals surface area contributed by atoms with E-state index in [0.29, 0.717) is 22.5 Å². The summed E-state index contributed by atoms with van der Waals surface area (Å²) in [5.74, 6) is 3.97. The Balaban J connectivity index is 0.930. The molecule has 4 aliphatic rings. The molecule has 4 aliphatic carbocycles. The number of aryl methyl sites for hydroxylation is 4. The van der Waals surface area contributed by atoms with Crippen molar-refractivity contribution in [1.82, 2.24) is 14.9 Å². The molecule has 0 atom stereocenters. The van der Waals surface area contributed by atoms with E-state index in [1.807, 2.05) is 57.2 Å². The van der Waals surface area contributed by atoms with Crippen LogP contribution in [0.5, 0.6) is 0 Å². The van der Waals surface area contributed by atoms with Crippen LogP contribution in [0.4, 0.5) is 5.69 Å². The van der Waals surface area contributed by atoms with Crippen LogP contribution in [0.3, 0.4) is 0 Å². The molecule has 0 aliphatic heterocycles. The Morgan fingerprint density at radius 3 is 2.16 bits per heavy atom.